The van der Waals surface area contributed by atoms with E-state index in [4.69, 9.17) is 12.2 Å². The molecule has 1 saturated heterocycles. The van der Waals surface area contributed by atoms with Gasteiger partial charge in [0, 0.05) is 18.4 Å². The highest BCUT2D eigenvalue weighted by Crippen LogP contribution is 2.33. The molecule has 5 nitrogen and oxygen atoms in total. The summed E-state index contributed by atoms with van der Waals surface area (Å²) in [7, 11) is 1.95. The van der Waals surface area contributed by atoms with Crippen molar-refractivity contribution < 1.29 is 14.7 Å². The van der Waals surface area contributed by atoms with E-state index < -0.39 is 12.5 Å². The van der Waals surface area contributed by atoms with Crippen LogP contribution in [-0.4, -0.2) is 32.2 Å². The van der Waals surface area contributed by atoms with E-state index in [1.54, 1.807) is 6.08 Å². The number of nitrogens with zero attached hydrogens (tertiary/aromatic N) is 2. The van der Waals surface area contributed by atoms with Crippen LogP contribution in [0.3, 0.4) is 0 Å². The molecule has 1 aromatic rings. The second-order valence-electron chi connectivity index (χ2n) is 4.53. The second-order valence-corrected chi connectivity index (χ2v) is 6.20. The van der Waals surface area contributed by atoms with E-state index in [1.165, 1.54) is 0 Å². The Morgan fingerprint density at radius 3 is 2.65 bits per heavy atom. The van der Waals surface area contributed by atoms with Gasteiger partial charge in [0.25, 0.3) is 5.91 Å². The molecule has 1 aliphatic rings. The highest BCUT2D eigenvalue weighted by Gasteiger charge is 2.32. The van der Waals surface area contributed by atoms with Gasteiger partial charge in [0.2, 0.25) is 0 Å². The lowest BCUT2D eigenvalue weighted by molar-refractivity contribution is -0.305. The van der Waals surface area contributed by atoms with Gasteiger partial charge < -0.3 is 14.5 Å². The van der Waals surface area contributed by atoms with Crippen molar-refractivity contribution in [3.05, 3.63) is 27.9 Å². The fourth-order valence-corrected chi connectivity index (χ4v) is 3.18. The molecule has 0 saturated carbocycles. The number of aromatic nitrogens is 1. The Balaban J connectivity index is 2.32. The number of carboxylic acids is 1. The van der Waals surface area contributed by atoms with E-state index in [0.717, 1.165) is 33.6 Å². The van der Waals surface area contributed by atoms with Gasteiger partial charge in [-0.05, 0) is 31.6 Å². The Morgan fingerprint density at radius 2 is 2.15 bits per heavy atom. The van der Waals surface area contributed by atoms with Crippen LogP contribution in [0.4, 0.5) is 0 Å². The maximum absolute atomic E-state index is 12.1. The molecule has 1 amide bonds. The number of carboxylic acid groups (broad SMARTS) is 1. The third kappa shape index (κ3) is 2.64. The number of hydrogen-bond donors (Lipinski definition) is 0. The smallest absolute Gasteiger partial charge is 0.266 e. The maximum atomic E-state index is 12.1. The number of carbonyl (C=O) groups excluding carboxylic acids is 2. The first-order valence-electron chi connectivity index (χ1n) is 5.89. The van der Waals surface area contributed by atoms with Crippen molar-refractivity contribution in [1.29, 1.82) is 0 Å². The Labute approximate surface area is 126 Å². The molecule has 1 fully saturated rings. The van der Waals surface area contributed by atoms with Crippen LogP contribution in [-0.2, 0) is 16.6 Å². The summed E-state index contributed by atoms with van der Waals surface area (Å²) < 4.78 is 2.27. The minimum absolute atomic E-state index is 0.246. The summed E-state index contributed by atoms with van der Waals surface area (Å²) in [5.41, 5.74) is 3.05. The number of amides is 1. The fourth-order valence-electron chi connectivity index (χ4n) is 1.94. The van der Waals surface area contributed by atoms with Crippen molar-refractivity contribution in [3.63, 3.8) is 0 Å². The summed E-state index contributed by atoms with van der Waals surface area (Å²) in [5, 5.41) is 10.6. The van der Waals surface area contributed by atoms with Crippen LogP contribution >= 0.6 is 24.0 Å². The summed E-state index contributed by atoms with van der Waals surface area (Å²) in [6.07, 6.45) is 1.75. The quantitative estimate of drug-likeness (QED) is 0.604. The van der Waals surface area contributed by atoms with Crippen molar-refractivity contribution >= 4 is 46.3 Å². The molecule has 20 heavy (non-hydrogen) atoms. The molecule has 1 aliphatic heterocycles. The normalized spacial score (nSPS) is 17.4. The van der Waals surface area contributed by atoms with Crippen LogP contribution in [0.15, 0.2) is 11.0 Å². The van der Waals surface area contributed by atoms with Crippen LogP contribution in [0.2, 0.25) is 0 Å². The number of rotatable bonds is 3. The lowest BCUT2D eigenvalue weighted by Crippen LogP contribution is -2.40. The lowest BCUT2D eigenvalue weighted by Gasteiger charge is -2.14. The molecule has 7 heteroatoms. The van der Waals surface area contributed by atoms with Crippen LogP contribution < -0.4 is 5.11 Å². The number of thiocarbonyl (C=S) groups is 1. The Morgan fingerprint density at radius 1 is 1.50 bits per heavy atom. The SMILES string of the molecule is Cc1cc(/C=C2/SC(=S)N(CC(=O)[O-])C2=O)c(C)n1C. The van der Waals surface area contributed by atoms with Gasteiger partial charge in [-0.25, -0.2) is 0 Å². The van der Waals surface area contributed by atoms with E-state index in [0.29, 0.717) is 4.91 Å². The topological polar surface area (TPSA) is 65.4 Å². The number of aliphatic carboxylic acids is 1. The monoisotopic (exact) mass is 309 g/mol. The summed E-state index contributed by atoms with van der Waals surface area (Å²) in [5.74, 6) is -1.71. The molecule has 0 N–H and O–H groups in total. The summed E-state index contributed by atoms with van der Waals surface area (Å²) in [6, 6.07) is 1.97. The Hall–Kier alpha value is -1.60. The third-order valence-corrected chi connectivity index (χ3v) is 4.64. The van der Waals surface area contributed by atoms with Gasteiger partial charge in [-0.15, -0.1) is 0 Å². The molecule has 0 unspecified atom stereocenters. The number of carbonyl (C=O) groups is 2. The molecular formula is C13H13N2O3S2-. The summed E-state index contributed by atoms with van der Waals surface area (Å²) in [4.78, 5) is 24.2. The standard InChI is InChI=1S/C13H14N2O3S2/c1-7-4-9(8(2)14(7)3)5-10-12(18)15(6-11(16)17)13(19)20-10/h4-5H,6H2,1-3H3,(H,16,17)/p-1/b10-5+. The zero-order valence-electron chi connectivity index (χ0n) is 11.3. The van der Waals surface area contributed by atoms with Crippen molar-refractivity contribution in [3.8, 4) is 0 Å². The fraction of sp³-hybridized carbons (Fsp3) is 0.308. The van der Waals surface area contributed by atoms with Crippen LogP contribution in [0.1, 0.15) is 17.0 Å². The first-order valence-corrected chi connectivity index (χ1v) is 7.12. The van der Waals surface area contributed by atoms with Gasteiger partial charge in [-0.2, -0.15) is 0 Å². The van der Waals surface area contributed by atoms with E-state index >= 15 is 0 Å². The maximum Gasteiger partial charge on any atom is 0.266 e. The molecule has 0 radical (unpaired) electrons. The Bertz CT molecular complexity index is 646. The molecule has 0 spiro atoms. The number of hydrogen-bond acceptors (Lipinski definition) is 5. The second kappa shape index (κ2) is 5.41. The van der Waals surface area contributed by atoms with Gasteiger partial charge in [0.15, 0.2) is 0 Å². The van der Waals surface area contributed by atoms with E-state index in [2.05, 4.69) is 0 Å². The largest absolute Gasteiger partial charge is 0.548 e. The molecule has 106 valence electrons. The lowest BCUT2D eigenvalue weighted by atomic mass is 10.2. The third-order valence-electron chi connectivity index (χ3n) is 3.26. The molecular weight excluding hydrogens is 296 g/mol. The number of thioether (sulfide) groups is 1. The highest BCUT2D eigenvalue weighted by atomic mass is 32.2. The van der Waals surface area contributed by atoms with Crippen molar-refractivity contribution in [1.82, 2.24) is 9.47 Å². The first-order chi connectivity index (χ1) is 9.31. The minimum Gasteiger partial charge on any atom is -0.548 e. The van der Waals surface area contributed by atoms with E-state index in [-0.39, 0.29) is 10.2 Å². The predicted octanol–water partition coefficient (Wildman–Crippen LogP) is 0.593. The average Bonchev–Trinajstić information content (AvgIpc) is 2.75. The average molecular weight is 309 g/mol. The molecule has 0 bridgehead atoms. The van der Waals surface area contributed by atoms with Gasteiger partial charge >= 0.3 is 0 Å². The van der Waals surface area contributed by atoms with Gasteiger partial charge in [-0.3, -0.25) is 9.69 Å². The molecule has 1 aromatic heterocycles. The summed E-state index contributed by atoms with van der Waals surface area (Å²) >= 11 is 6.13. The zero-order valence-corrected chi connectivity index (χ0v) is 12.9. The summed E-state index contributed by atoms with van der Waals surface area (Å²) in [6.45, 7) is 3.43. The van der Waals surface area contributed by atoms with Crippen molar-refractivity contribution in [2.24, 2.45) is 7.05 Å². The predicted molar refractivity (Wildman–Crippen MR) is 79.8 cm³/mol. The van der Waals surface area contributed by atoms with Crippen LogP contribution in [0.25, 0.3) is 6.08 Å². The van der Waals surface area contributed by atoms with E-state index in [9.17, 15) is 14.7 Å². The minimum atomic E-state index is -1.32. The first kappa shape index (κ1) is 14.8. The van der Waals surface area contributed by atoms with Gasteiger partial charge in [0.05, 0.1) is 17.4 Å². The Kier molecular flexibility index (Phi) is 4.01. The van der Waals surface area contributed by atoms with Gasteiger partial charge in [-0.1, -0.05) is 24.0 Å². The van der Waals surface area contributed by atoms with Crippen LogP contribution in [0.5, 0.6) is 0 Å². The van der Waals surface area contributed by atoms with E-state index in [1.807, 2.05) is 31.5 Å². The van der Waals surface area contributed by atoms with Crippen molar-refractivity contribution in [2.75, 3.05) is 6.54 Å². The number of aryl methyl sites for hydroxylation is 1. The molecule has 0 aromatic carbocycles. The molecule has 2 rings (SSSR count). The van der Waals surface area contributed by atoms with Gasteiger partial charge in [0.1, 0.15) is 4.32 Å². The zero-order chi connectivity index (χ0) is 15.0. The molecule has 0 atom stereocenters. The van der Waals surface area contributed by atoms with Crippen molar-refractivity contribution in [2.45, 2.75) is 13.8 Å². The molecule has 2 heterocycles. The highest BCUT2D eigenvalue weighted by molar-refractivity contribution is 8.26. The molecule has 0 aliphatic carbocycles. The van der Waals surface area contributed by atoms with Crippen LogP contribution in [0, 0.1) is 13.8 Å².